The average Bonchev–Trinajstić information content (AvgIpc) is 3.61. The number of nitrogens with one attached hydrogen (secondary N) is 1. The lowest BCUT2D eigenvalue weighted by molar-refractivity contribution is -0.0383. The summed E-state index contributed by atoms with van der Waals surface area (Å²) in [6, 6.07) is 20.3. The minimum atomic E-state index is -2.10. The van der Waals surface area contributed by atoms with Gasteiger partial charge in [0.2, 0.25) is 11.8 Å². The molecule has 3 unspecified atom stereocenters. The molecule has 0 amide bonds. The zero-order valence-electron chi connectivity index (χ0n) is 29.8. The fourth-order valence-electron chi connectivity index (χ4n) is 4.99. The SMILES string of the molecule is CC(C)(C)[Si](C)(C)OCC1OC(n2cnc3c(OCc4ccccc4)nc(NCc4ccccc4)nc32)CC1O[Si](C)(C)C(C)(C)C. The average molecular weight is 676 g/mol. The van der Waals surface area contributed by atoms with E-state index in [-0.39, 0.29) is 28.5 Å². The van der Waals surface area contributed by atoms with Gasteiger partial charge in [-0.1, -0.05) is 102 Å². The maximum Gasteiger partial charge on any atom is 0.247 e. The number of imidazole rings is 1. The molecular formula is C36H53N5O4Si2. The summed E-state index contributed by atoms with van der Waals surface area (Å²) in [7, 11) is -4.11. The fourth-order valence-corrected chi connectivity index (χ4v) is 7.36. The molecule has 1 saturated heterocycles. The van der Waals surface area contributed by atoms with Gasteiger partial charge in [0.25, 0.3) is 0 Å². The standard InChI is InChI=1S/C36H53N5O4Si2/c1-35(2,3)46(7,8)43-24-29-28(45-47(9,10)36(4,5)6)21-30(44-29)41-25-38-31-32(41)39-34(37-22-26-17-13-11-14-18-26)40-33(31)42-23-27-19-15-12-16-20-27/h11-20,25,28-30H,21-24H2,1-10H3,(H,37,39,40). The van der Waals surface area contributed by atoms with Crippen LogP contribution in [0.3, 0.4) is 0 Å². The van der Waals surface area contributed by atoms with Gasteiger partial charge in [0, 0.05) is 13.0 Å². The lowest BCUT2D eigenvalue weighted by atomic mass is 10.2. The Morgan fingerprint density at radius 1 is 0.851 bits per heavy atom. The first-order chi connectivity index (χ1) is 22.0. The number of rotatable bonds is 12. The highest BCUT2D eigenvalue weighted by molar-refractivity contribution is 6.74. The largest absolute Gasteiger partial charge is 0.471 e. The van der Waals surface area contributed by atoms with Gasteiger partial charge in [-0.15, -0.1) is 0 Å². The summed E-state index contributed by atoms with van der Waals surface area (Å²) in [5.74, 6) is 0.897. The van der Waals surface area contributed by atoms with E-state index in [2.05, 4.69) is 85.2 Å². The van der Waals surface area contributed by atoms with Gasteiger partial charge in [-0.25, -0.2) is 4.98 Å². The highest BCUT2D eigenvalue weighted by Crippen LogP contribution is 2.43. The molecule has 254 valence electrons. The smallest absolute Gasteiger partial charge is 0.247 e. The van der Waals surface area contributed by atoms with E-state index in [4.69, 9.17) is 33.3 Å². The van der Waals surface area contributed by atoms with E-state index in [0.717, 1.165) is 11.1 Å². The van der Waals surface area contributed by atoms with Crippen LogP contribution in [0, 0.1) is 0 Å². The Balaban J connectivity index is 1.46. The van der Waals surface area contributed by atoms with Gasteiger partial charge in [-0.05, 0) is 47.4 Å². The molecule has 5 rings (SSSR count). The summed E-state index contributed by atoms with van der Waals surface area (Å²) >= 11 is 0. The molecule has 9 nitrogen and oxygen atoms in total. The summed E-state index contributed by atoms with van der Waals surface area (Å²) in [4.78, 5) is 14.5. The van der Waals surface area contributed by atoms with Crippen molar-refractivity contribution in [2.75, 3.05) is 11.9 Å². The third-order valence-electron chi connectivity index (χ3n) is 10.1. The Hall–Kier alpha value is -3.10. The Bertz CT molecular complexity index is 1620. The van der Waals surface area contributed by atoms with E-state index in [1.165, 1.54) is 0 Å². The van der Waals surface area contributed by atoms with Crippen LogP contribution in [0.5, 0.6) is 5.88 Å². The molecule has 0 radical (unpaired) electrons. The van der Waals surface area contributed by atoms with Gasteiger partial charge < -0.3 is 23.6 Å². The normalized spacial score (nSPS) is 19.3. The molecule has 2 aromatic heterocycles. The quantitative estimate of drug-likeness (QED) is 0.149. The van der Waals surface area contributed by atoms with Gasteiger partial charge in [-0.3, -0.25) is 4.57 Å². The van der Waals surface area contributed by atoms with E-state index in [9.17, 15) is 0 Å². The first-order valence-electron chi connectivity index (χ1n) is 16.7. The Morgan fingerprint density at radius 2 is 1.47 bits per heavy atom. The molecule has 47 heavy (non-hydrogen) atoms. The number of anilines is 1. The number of aromatic nitrogens is 4. The molecule has 1 N–H and O–H groups in total. The first kappa shape index (κ1) is 35.2. The Labute approximate surface area is 282 Å². The second-order valence-electron chi connectivity index (χ2n) is 15.6. The highest BCUT2D eigenvalue weighted by Gasteiger charge is 2.47. The van der Waals surface area contributed by atoms with E-state index in [1.54, 1.807) is 6.33 Å². The second kappa shape index (κ2) is 13.8. The zero-order chi connectivity index (χ0) is 34.0. The first-order valence-corrected chi connectivity index (χ1v) is 22.5. The van der Waals surface area contributed by atoms with Gasteiger partial charge >= 0.3 is 0 Å². The number of hydrogen-bond acceptors (Lipinski definition) is 8. The fraction of sp³-hybridized carbons (Fsp3) is 0.528. The van der Waals surface area contributed by atoms with Crippen molar-refractivity contribution >= 4 is 33.7 Å². The van der Waals surface area contributed by atoms with E-state index in [0.29, 0.717) is 49.2 Å². The predicted molar refractivity (Wildman–Crippen MR) is 194 cm³/mol. The van der Waals surface area contributed by atoms with Crippen LogP contribution in [-0.4, -0.2) is 55.0 Å². The van der Waals surface area contributed by atoms with Crippen molar-refractivity contribution in [1.82, 2.24) is 19.5 Å². The molecule has 3 heterocycles. The maximum absolute atomic E-state index is 7.04. The van der Waals surface area contributed by atoms with E-state index < -0.39 is 16.6 Å². The van der Waals surface area contributed by atoms with E-state index in [1.807, 2.05) is 53.1 Å². The molecule has 11 heteroatoms. The summed E-state index contributed by atoms with van der Waals surface area (Å²) in [6.07, 6.45) is 1.80. The lowest BCUT2D eigenvalue weighted by Gasteiger charge is -2.40. The molecule has 0 bridgehead atoms. The minimum Gasteiger partial charge on any atom is -0.471 e. The molecule has 0 aliphatic carbocycles. The van der Waals surface area contributed by atoms with Crippen molar-refractivity contribution in [2.45, 2.75) is 116 Å². The lowest BCUT2D eigenvalue weighted by Crippen LogP contribution is -2.48. The number of benzene rings is 2. The summed E-state index contributed by atoms with van der Waals surface area (Å²) in [5, 5.41) is 3.56. The van der Waals surface area contributed by atoms with Crippen molar-refractivity contribution in [3.8, 4) is 5.88 Å². The minimum absolute atomic E-state index is 0.0647. The van der Waals surface area contributed by atoms with Gasteiger partial charge in [-0.2, -0.15) is 9.97 Å². The van der Waals surface area contributed by atoms with Crippen LogP contribution in [0.25, 0.3) is 11.2 Å². The third kappa shape index (κ3) is 8.32. The van der Waals surface area contributed by atoms with Crippen LogP contribution in [0.4, 0.5) is 5.95 Å². The van der Waals surface area contributed by atoms with Gasteiger partial charge in [0.05, 0.1) is 19.0 Å². The summed E-state index contributed by atoms with van der Waals surface area (Å²) in [6.45, 7) is 24.2. The van der Waals surface area contributed by atoms with Crippen LogP contribution in [0.1, 0.15) is 65.3 Å². The van der Waals surface area contributed by atoms with Crippen LogP contribution in [0.15, 0.2) is 67.0 Å². The molecule has 2 aromatic carbocycles. The van der Waals surface area contributed by atoms with Crippen molar-refractivity contribution in [2.24, 2.45) is 0 Å². The van der Waals surface area contributed by atoms with Gasteiger partial charge in [0.1, 0.15) is 18.9 Å². The van der Waals surface area contributed by atoms with E-state index >= 15 is 0 Å². The topological polar surface area (TPSA) is 92.6 Å². The van der Waals surface area contributed by atoms with Crippen molar-refractivity contribution in [3.05, 3.63) is 78.1 Å². The molecule has 0 spiro atoms. The third-order valence-corrected chi connectivity index (χ3v) is 19.1. The molecule has 0 saturated carbocycles. The summed E-state index contributed by atoms with van der Waals surface area (Å²) < 4.78 is 28.9. The molecule has 4 aromatic rings. The van der Waals surface area contributed by atoms with Crippen molar-refractivity contribution in [1.29, 1.82) is 0 Å². The number of nitrogens with zero attached hydrogens (tertiary/aromatic N) is 4. The highest BCUT2D eigenvalue weighted by atomic mass is 28.4. The number of fused-ring (bicyclic) bond motifs is 1. The molecule has 1 fully saturated rings. The van der Waals surface area contributed by atoms with Crippen LogP contribution < -0.4 is 10.1 Å². The predicted octanol–water partition coefficient (Wildman–Crippen LogP) is 8.72. The monoisotopic (exact) mass is 675 g/mol. The number of hydrogen-bond donors (Lipinski definition) is 1. The molecule has 1 aliphatic heterocycles. The van der Waals surface area contributed by atoms with Crippen molar-refractivity contribution in [3.63, 3.8) is 0 Å². The molecule has 3 atom stereocenters. The van der Waals surface area contributed by atoms with Gasteiger partial charge in [0.15, 0.2) is 27.8 Å². The van der Waals surface area contributed by atoms with Crippen LogP contribution in [0.2, 0.25) is 36.3 Å². The number of ether oxygens (including phenoxy) is 2. The maximum atomic E-state index is 7.04. The summed E-state index contributed by atoms with van der Waals surface area (Å²) in [5.41, 5.74) is 3.43. The van der Waals surface area contributed by atoms with Crippen molar-refractivity contribution < 1.29 is 18.3 Å². The Kier molecular flexibility index (Phi) is 10.3. The zero-order valence-corrected chi connectivity index (χ0v) is 31.8. The van der Waals surface area contributed by atoms with Crippen LogP contribution in [-0.2, 0) is 26.7 Å². The Morgan fingerprint density at radius 3 is 2.09 bits per heavy atom. The second-order valence-corrected chi connectivity index (χ2v) is 25.2. The van der Waals surface area contributed by atoms with Crippen LogP contribution >= 0.6 is 0 Å². The molecule has 1 aliphatic rings. The molecular weight excluding hydrogens is 623 g/mol.